The van der Waals surface area contributed by atoms with E-state index in [1.165, 1.54) is 0 Å². The third kappa shape index (κ3) is 3.68. The van der Waals surface area contributed by atoms with E-state index in [2.05, 4.69) is 24.7 Å². The first-order chi connectivity index (χ1) is 11.6. The Kier molecular flexibility index (Phi) is 5.62. The molecule has 2 aliphatic rings. The maximum absolute atomic E-state index is 10.6. The predicted molar refractivity (Wildman–Crippen MR) is 89.9 cm³/mol. The molecule has 0 aliphatic carbocycles. The van der Waals surface area contributed by atoms with E-state index in [4.69, 9.17) is 4.74 Å². The maximum atomic E-state index is 10.6. The standard InChI is InChI=1S/C16H27N5O3/c1-19(2)10-12-14(15(23)13(11-22)24-12)20-6-8-21(9-7-20)16-17-4-3-5-18-16/h3-5,12-15,22-23H,6-11H2,1-2H3/t12-,13-,14-,15+/m0/s1. The van der Waals surface area contributed by atoms with Gasteiger partial charge in [0.25, 0.3) is 0 Å². The Labute approximate surface area is 142 Å². The lowest BCUT2D eigenvalue weighted by atomic mass is 10.0. The Balaban J connectivity index is 1.65. The van der Waals surface area contributed by atoms with E-state index in [1.807, 2.05) is 20.2 Å². The van der Waals surface area contributed by atoms with Crippen molar-refractivity contribution in [3.8, 4) is 0 Å². The van der Waals surface area contributed by atoms with Crippen LogP contribution in [0.1, 0.15) is 0 Å². The van der Waals surface area contributed by atoms with Crippen LogP contribution < -0.4 is 4.90 Å². The minimum Gasteiger partial charge on any atom is -0.394 e. The van der Waals surface area contributed by atoms with Crippen molar-refractivity contribution in [2.45, 2.75) is 24.4 Å². The van der Waals surface area contributed by atoms with Gasteiger partial charge in [-0.2, -0.15) is 0 Å². The molecule has 134 valence electrons. The van der Waals surface area contributed by atoms with Gasteiger partial charge in [0.2, 0.25) is 5.95 Å². The molecule has 3 rings (SSSR count). The Bertz CT molecular complexity index is 510. The number of anilines is 1. The molecule has 0 bridgehead atoms. The number of aliphatic hydroxyl groups excluding tert-OH is 2. The van der Waals surface area contributed by atoms with Gasteiger partial charge in [-0.25, -0.2) is 9.97 Å². The Morgan fingerprint density at radius 3 is 2.42 bits per heavy atom. The van der Waals surface area contributed by atoms with Crippen LogP contribution in [-0.4, -0.2) is 108 Å². The van der Waals surface area contributed by atoms with Gasteiger partial charge in [0.05, 0.1) is 18.8 Å². The molecule has 0 radical (unpaired) electrons. The number of rotatable bonds is 5. The van der Waals surface area contributed by atoms with Crippen molar-refractivity contribution in [3.05, 3.63) is 18.5 Å². The van der Waals surface area contributed by atoms with E-state index < -0.39 is 12.2 Å². The third-order valence-electron chi connectivity index (χ3n) is 4.76. The smallest absolute Gasteiger partial charge is 0.225 e. The minimum absolute atomic E-state index is 0.0941. The van der Waals surface area contributed by atoms with Gasteiger partial charge in [-0.05, 0) is 20.2 Å². The van der Waals surface area contributed by atoms with E-state index in [9.17, 15) is 10.2 Å². The van der Waals surface area contributed by atoms with Crippen LogP contribution in [0.25, 0.3) is 0 Å². The molecule has 2 fully saturated rings. The van der Waals surface area contributed by atoms with Gasteiger partial charge in [-0.15, -0.1) is 0 Å². The number of piperazine rings is 1. The van der Waals surface area contributed by atoms with Crippen LogP contribution in [0.15, 0.2) is 18.5 Å². The SMILES string of the molecule is CN(C)C[C@@H]1O[C@@H](CO)[C@@H](O)[C@H]1N1CCN(c2ncccn2)CC1. The largest absolute Gasteiger partial charge is 0.394 e. The zero-order valence-electron chi connectivity index (χ0n) is 14.3. The molecule has 4 atom stereocenters. The second-order valence-electron chi connectivity index (χ2n) is 6.71. The van der Waals surface area contributed by atoms with Crippen LogP contribution >= 0.6 is 0 Å². The average molecular weight is 337 g/mol. The summed E-state index contributed by atoms with van der Waals surface area (Å²) in [5.41, 5.74) is 0. The van der Waals surface area contributed by atoms with Gasteiger partial charge in [-0.3, -0.25) is 4.90 Å². The second-order valence-corrected chi connectivity index (χ2v) is 6.71. The quantitative estimate of drug-likeness (QED) is 0.682. The molecule has 0 unspecified atom stereocenters. The molecule has 8 heteroatoms. The highest BCUT2D eigenvalue weighted by atomic mass is 16.5. The van der Waals surface area contributed by atoms with Gasteiger partial charge in [0.15, 0.2) is 0 Å². The maximum Gasteiger partial charge on any atom is 0.225 e. The molecule has 8 nitrogen and oxygen atoms in total. The summed E-state index contributed by atoms with van der Waals surface area (Å²) in [4.78, 5) is 15.1. The van der Waals surface area contributed by atoms with Crippen LogP contribution in [0, 0.1) is 0 Å². The molecule has 0 spiro atoms. The number of nitrogens with zero attached hydrogens (tertiary/aromatic N) is 5. The van der Waals surface area contributed by atoms with Gasteiger partial charge < -0.3 is 24.7 Å². The molecule has 0 saturated carbocycles. The molecule has 2 aliphatic heterocycles. The summed E-state index contributed by atoms with van der Waals surface area (Å²) in [5, 5.41) is 20.0. The van der Waals surface area contributed by atoms with Crippen molar-refractivity contribution in [2.24, 2.45) is 0 Å². The van der Waals surface area contributed by atoms with Gasteiger partial charge >= 0.3 is 0 Å². The number of aliphatic hydroxyl groups is 2. The molecule has 2 saturated heterocycles. The van der Waals surface area contributed by atoms with Crippen molar-refractivity contribution in [1.29, 1.82) is 0 Å². The van der Waals surface area contributed by atoms with Crippen LogP contribution in [0.2, 0.25) is 0 Å². The summed E-state index contributed by atoms with van der Waals surface area (Å²) in [7, 11) is 3.98. The lowest BCUT2D eigenvalue weighted by Gasteiger charge is -2.40. The predicted octanol–water partition coefficient (Wildman–Crippen LogP) is -1.35. The van der Waals surface area contributed by atoms with E-state index in [0.29, 0.717) is 0 Å². The van der Waals surface area contributed by atoms with Crippen LogP contribution in [0.4, 0.5) is 5.95 Å². The van der Waals surface area contributed by atoms with Crippen LogP contribution in [0.5, 0.6) is 0 Å². The summed E-state index contributed by atoms with van der Waals surface area (Å²) < 4.78 is 5.89. The summed E-state index contributed by atoms with van der Waals surface area (Å²) in [6, 6.07) is 1.72. The van der Waals surface area contributed by atoms with Gasteiger partial charge in [0.1, 0.15) is 12.2 Å². The highest BCUT2D eigenvalue weighted by Gasteiger charge is 2.46. The van der Waals surface area contributed by atoms with Crippen molar-refractivity contribution in [1.82, 2.24) is 19.8 Å². The van der Waals surface area contributed by atoms with Crippen molar-refractivity contribution in [2.75, 3.05) is 58.3 Å². The molecule has 1 aromatic heterocycles. The molecule has 0 aromatic carbocycles. The first-order valence-corrected chi connectivity index (χ1v) is 8.45. The summed E-state index contributed by atoms with van der Waals surface area (Å²) in [6.07, 6.45) is 2.23. The molecule has 1 aromatic rings. The van der Waals surface area contributed by atoms with E-state index >= 15 is 0 Å². The fraction of sp³-hybridized carbons (Fsp3) is 0.750. The number of hydrogen-bond donors (Lipinski definition) is 2. The zero-order valence-corrected chi connectivity index (χ0v) is 14.3. The zero-order chi connectivity index (χ0) is 17.1. The molecular formula is C16H27N5O3. The number of aromatic nitrogens is 2. The summed E-state index contributed by atoms with van der Waals surface area (Å²) in [6.45, 7) is 3.81. The lowest BCUT2D eigenvalue weighted by molar-refractivity contribution is -0.0274. The monoisotopic (exact) mass is 337 g/mol. The fourth-order valence-corrected chi connectivity index (χ4v) is 3.61. The molecule has 3 heterocycles. The number of hydrogen-bond acceptors (Lipinski definition) is 8. The molecule has 0 amide bonds. The van der Waals surface area contributed by atoms with E-state index in [0.717, 1.165) is 38.7 Å². The molecular weight excluding hydrogens is 310 g/mol. The second kappa shape index (κ2) is 7.71. The van der Waals surface area contributed by atoms with Crippen LogP contribution in [0.3, 0.4) is 0 Å². The molecule has 2 N–H and O–H groups in total. The normalized spacial score (nSPS) is 31.8. The Morgan fingerprint density at radius 2 is 1.83 bits per heavy atom. The Morgan fingerprint density at radius 1 is 1.17 bits per heavy atom. The van der Waals surface area contributed by atoms with Crippen molar-refractivity contribution in [3.63, 3.8) is 0 Å². The summed E-state index contributed by atoms with van der Waals surface area (Å²) in [5.74, 6) is 0.749. The fourth-order valence-electron chi connectivity index (χ4n) is 3.61. The highest BCUT2D eigenvalue weighted by molar-refractivity contribution is 5.29. The first-order valence-electron chi connectivity index (χ1n) is 8.45. The number of ether oxygens (including phenoxy) is 1. The Hall–Kier alpha value is -1.32. The van der Waals surface area contributed by atoms with Gasteiger partial charge in [0, 0.05) is 45.1 Å². The van der Waals surface area contributed by atoms with E-state index in [1.54, 1.807) is 12.4 Å². The lowest BCUT2D eigenvalue weighted by Crippen LogP contribution is -2.57. The topological polar surface area (TPSA) is 85.2 Å². The number of likely N-dealkylation sites (N-methyl/N-ethyl adjacent to an activating group) is 1. The summed E-state index contributed by atoms with van der Waals surface area (Å²) >= 11 is 0. The van der Waals surface area contributed by atoms with E-state index in [-0.39, 0.29) is 18.8 Å². The average Bonchev–Trinajstić information content (AvgIpc) is 2.90. The minimum atomic E-state index is -0.667. The molecule has 24 heavy (non-hydrogen) atoms. The van der Waals surface area contributed by atoms with Crippen molar-refractivity contribution >= 4 is 5.95 Å². The van der Waals surface area contributed by atoms with Crippen LogP contribution in [-0.2, 0) is 4.74 Å². The van der Waals surface area contributed by atoms with Crippen molar-refractivity contribution < 1.29 is 14.9 Å². The highest BCUT2D eigenvalue weighted by Crippen LogP contribution is 2.27. The van der Waals surface area contributed by atoms with Gasteiger partial charge in [-0.1, -0.05) is 0 Å². The first kappa shape index (κ1) is 17.5. The third-order valence-corrected chi connectivity index (χ3v) is 4.76.